The van der Waals surface area contributed by atoms with E-state index >= 15 is 0 Å². The highest BCUT2D eigenvalue weighted by atomic mass is 31.0. The molecule has 2 bridgehead atoms. The molecule has 64 valence electrons. The van der Waals surface area contributed by atoms with Crippen molar-refractivity contribution in [3.05, 3.63) is 0 Å². The summed E-state index contributed by atoms with van der Waals surface area (Å²) in [5, 5.41) is 0. The summed E-state index contributed by atoms with van der Waals surface area (Å²) in [4.78, 5) is 0. The molecule has 0 aromatic carbocycles. The van der Waals surface area contributed by atoms with Crippen LogP contribution in [-0.4, -0.2) is 12.3 Å². The third kappa shape index (κ3) is 1.27. The molecule has 2 fully saturated rings. The first-order valence-corrected chi connectivity index (χ1v) is 6.40. The van der Waals surface area contributed by atoms with Crippen molar-refractivity contribution in [2.75, 3.05) is 12.3 Å². The molecule has 11 heavy (non-hydrogen) atoms. The van der Waals surface area contributed by atoms with Gasteiger partial charge < -0.3 is 0 Å². The zero-order valence-electron chi connectivity index (χ0n) is 7.00. The highest BCUT2D eigenvalue weighted by molar-refractivity contribution is 7.16. The van der Waals surface area contributed by atoms with Crippen molar-refractivity contribution in [3.8, 4) is 0 Å². The van der Waals surface area contributed by atoms with Gasteiger partial charge in [0.15, 0.2) is 0 Å². The number of hydrogen-bond acceptors (Lipinski definition) is 0. The number of fused-ring (bicyclic) bond motifs is 2. The molecule has 2 heteroatoms. The smallest absolute Gasteiger partial charge is 0.0317 e. The van der Waals surface area contributed by atoms with E-state index in [2.05, 4.69) is 18.5 Å². The Morgan fingerprint density at radius 2 is 1.36 bits per heavy atom. The summed E-state index contributed by atoms with van der Waals surface area (Å²) in [6, 6.07) is 0. The van der Waals surface area contributed by atoms with E-state index < -0.39 is 0 Å². The standard InChI is InChI=1S/C9H18P2/c10-4-8-6-1-2-7(3-6)9(8)5-11/h6-9H,1-5,10-11H2. The van der Waals surface area contributed by atoms with Gasteiger partial charge in [-0.05, 0) is 55.3 Å². The molecule has 6 unspecified atom stereocenters. The van der Waals surface area contributed by atoms with E-state index in [0.29, 0.717) is 0 Å². The van der Waals surface area contributed by atoms with Crippen molar-refractivity contribution in [1.82, 2.24) is 0 Å². The first-order chi connectivity index (χ1) is 5.36. The lowest BCUT2D eigenvalue weighted by atomic mass is 9.81. The van der Waals surface area contributed by atoms with Gasteiger partial charge in [-0.2, -0.15) is 0 Å². The van der Waals surface area contributed by atoms with Gasteiger partial charge in [0.05, 0.1) is 0 Å². The predicted octanol–water partition coefficient (Wildman–Crippen LogP) is 2.40. The molecule has 2 saturated carbocycles. The van der Waals surface area contributed by atoms with Gasteiger partial charge in [0.2, 0.25) is 0 Å². The minimum atomic E-state index is 1.05. The highest BCUT2D eigenvalue weighted by Crippen LogP contribution is 2.53. The fraction of sp³-hybridized carbons (Fsp3) is 1.00. The Kier molecular flexibility index (Phi) is 2.55. The zero-order valence-corrected chi connectivity index (χ0v) is 9.31. The van der Waals surface area contributed by atoms with Crippen LogP contribution in [0.25, 0.3) is 0 Å². The Morgan fingerprint density at radius 3 is 1.73 bits per heavy atom. The van der Waals surface area contributed by atoms with Crippen LogP contribution in [-0.2, 0) is 0 Å². The first kappa shape index (κ1) is 8.46. The van der Waals surface area contributed by atoms with Crippen molar-refractivity contribution in [3.63, 3.8) is 0 Å². The molecule has 0 spiro atoms. The maximum absolute atomic E-state index is 2.94. The molecule has 0 nitrogen and oxygen atoms in total. The predicted molar refractivity (Wildman–Crippen MR) is 57.0 cm³/mol. The molecule has 0 N–H and O–H groups in total. The Morgan fingerprint density at radius 1 is 0.909 bits per heavy atom. The fourth-order valence-electron chi connectivity index (χ4n) is 3.26. The molecular formula is C9H18P2. The average Bonchev–Trinajstić information content (AvgIpc) is 2.60. The Labute approximate surface area is 74.3 Å². The van der Waals surface area contributed by atoms with E-state index in [1.165, 1.54) is 25.2 Å². The quantitative estimate of drug-likeness (QED) is 0.584. The summed E-state index contributed by atoms with van der Waals surface area (Å²) in [5.41, 5.74) is 0. The second-order valence-electron chi connectivity index (χ2n) is 4.13. The lowest BCUT2D eigenvalue weighted by Crippen LogP contribution is -2.24. The third-order valence-corrected chi connectivity index (χ3v) is 4.91. The van der Waals surface area contributed by atoms with E-state index in [4.69, 9.17) is 0 Å². The SMILES string of the molecule is PCC1C2CCC(C2)C1CP. The van der Waals surface area contributed by atoms with E-state index in [0.717, 1.165) is 23.7 Å². The van der Waals surface area contributed by atoms with Crippen LogP contribution in [0.15, 0.2) is 0 Å². The van der Waals surface area contributed by atoms with Gasteiger partial charge in [-0.1, -0.05) is 0 Å². The molecule has 6 atom stereocenters. The van der Waals surface area contributed by atoms with Crippen LogP contribution in [0.5, 0.6) is 0 Å². The molecule has 2 aliphatic carbocycles. The van der Waals surface area contributed by atoms with Crippen molar-refractivity contribution in [1.29, 1.82) is 0 Å². The maximum Gasteiger partial charge on any atom is -0.0317 e. The second-order valence-corrected chi connectivity index (χ2v) is 5.08. The highest BCUT2D eigenvalue weighted by Gasteiger charge is 2.45. The molecule has 0 saturated heterocycles. The van der Waals surface area contributed by atoms with Gasteiger partial charge in [0.25, 0.3) is 0 Å². The molecule has 0 aromatic heterocycles. The second kappa shape index (κ2) is 3.31. The number of rotatable bonds is 2. The Balaban J connectivity index is 2.08. The minimum Gasteiger partial charge on any atom is -0.137 e. The van der Waals surface area contributed by atoms with Gasteiger partial charge in [-0.3, -0.25) is 0 Å². The van der Waals surface area contributed by atoms with E-state index in [9.17, 15) is 0 Å². The molecule has 0 heterocycles. The maximum atomic E-state index is 2.94. The monoisotopic (exact) mass is 188 g/mol. The molecular weight excluding hydrogens is 170 g/mol. The molecule has 2 rings (SSSR count). The zero-order chi connectivity index (χ0) is 7.84. The van der Waals surface area contributed by atoms with Crippen LogP contribution in [0, 0.1) is 23.7 Å². The van der Waals surface area contributed by atoms with Crippen molar-refractivity contribution in [2.24, 2.45) is 23.7 Å². The van der Waals surface area contributed by atoms with Gasteiger partial charge >= 0.3 is 0 Å². The van der Waals surface area contributed by atoms with Crippen molar-refractivity contribution in [2.45, 2.75) is 19.3 Å². The molecule has 0 aromatic rings. The fourth-order valence-corrected chi connectivity index (χ4v) is 4.73. The molecule has 0 aliphatic heterocycles. The Bertz CT molecular complexity index is 130. The van der Waals surface area contributed by atoms with Crippen LogP contribution in [0.2, 0.25) is 0 Å². The summed E-state index contributed by atoms with van der Waals surface area (Å²) < 4.78 is 0. The van der Waals surface area contributed by atoms with Crippen LogP contribution in [0.4, 0.5) is 0 Å². The molecule has 0 radical (unpaired) electrons. The average molecular weight is 188 g/mol. The van der Waals surface area contributed by atoms with Crippen LogP contribution in [0.3, 0.4) is 0 Å². The lowest BCUT2D eigenvalue weighted by molar-refractivity contribution is 0.269. The minimum absolute atomic E-state index is 1.05. The van der Waals surface area contributed by atoms with Crippen LogP contribution in [0.1, 0.15) is 19.3 Å². The van der Waals surface area contributed by atoms with E-state index in [-0.39, 0.29) is 0 Å². The first-order valence-electron chi connectivity index (χ1n) is 4.77. The third-order valence-electron chi connectivity index (χ3n) is 3.82. The van der Waals surface area contributed by atoms with Gasteiger partial charge in [0, 0.05) is 0 Å². The summed E-state index contributed by atoms with van der Waals surface area (Å²) in [6.45, 7) is 0. The molecule has 2 aliphatic rings. The van der Waals surface area contributed by atoms with Gasteiger partial charge in [-0.25, -0.2) is 0 Å². The van der Waals surface area contributed by atoms with E-state index in [1.807, 2.05) is 0 Å². The van der Waals surface area contributed by atoms with Crippen molar-refractivity contribution < 1.29 is 0 Å². The summed E-state index contributed by atoms with van der Waals surface area (Å²) >= 11 is 0. The van der Waals surface area contributed by atoms with Crippen molar-refractivity contribution >= 4 is 18.5 Å². The van der Waals surface area contributed by atoms with E-state index in [1.54, 1.807) is 6.42 Å². The van der Waals surface area contributed by atoms with Gasteiger partial charge in [0.1, 0.15) is 0 Å². The topological polar surface area (TPSA) is 0 Å². The molecule has 0 amide bonds. The van der Waals surface area contributed by atoms with Crippen LogP contribution >= 0.6 is 18.5 Å². The summed E-state index contributed by atoms with van der Waals surface area (Å²) in [7, 11) is 5.88. The lowest BCUT2D eigenvalue weighted by Gasteiger charge is -2.28. The normalized spacial score (nSPS) is 48.5. The van der Waals surface area contributed by atoms with Gasteiger partial charge in [-0.15, -0.1) is 18.5 Å². The summed E-state index contributed by atoms with van der Waals surface area (Å²) in [6.07, 6.45) is 7.31. The Hall–Kier alpha value is 0.860. The summed E-state index contributed by atoms with van der Waals surface area (Å²) in [5.74, 6) is 4.30. The van der Waals surface area contributed by atoms with Crippen LogP contribution < -0.4 is 0 Å². The number of hydrogen-bond donors (Lipinski definition) is 0. The largest absolute Gasteiger partial charge is 0.137 e.